The van der Waals surface area contributed by atoms with Gasteiger partial charge in [-0.25, -0.2) is 0 Å². The third kappa shape index (κ3) is 2.34. The van der Waals surface area contributed by atoms with Gasteiger partial charge in [-0.3, -0.25) is 0 Å². The van der Waals surface area contributed by atoms with E-state index in [0.717, 1.165) is 39.1 Å². The molecular weight excluding hydrogens is 258 g/mol. The van der Waals surface area contributed by atoms with Crippen molar-refractivity contribution >= 4 is 33.3 Å². The highest BCUT2D eigenvalue weighted by atomic mass is 35.5. The number of fused-ring (bicyclic) bond motifs is 3. The summed E-state index contributed by atoms with van der Waals surface area (Å²) in [5, 5.41) is 7.30. The van der Waals surface area contributed by atoms with Crippen molar-refractivity contribution in [1.82, 2.24) is 5.32 Å². The Morgan fingerprint density at radius 1 is 1.16 bits per heavy atom. The molecule has 0 unspecified atom stereocenters. The van der Waals surface area contributed by atoms with Crippen LogP contribution in [0.4, 0.5) is 0 Å². The van der Waals surface area contributed by atoms with Crippen molar-refractivity contribution in [3.8, 4) is 0 Å². The molecule has 0 saturated heterocycles. The summed E-state index contributed by atoms with van der Waals surface area (Å²) in [5.74, 6) is 0.941. The first-order valence-corrected chi connectivity index (χ1v) is 6.86. The van der Waals surface area contributed by atoms with E-state index in [1.54, 1.807) is 0 Å². The maximum absolute atomic E-state index is 6.32. The van der Waals surface area contributed by atoms with Crippen molar-refractivity contribution in [3.63, 3.8) is 0 Å². The SMILES string of the molecule is CC(C)NCc1cc2cc(Cl)c3ccccc3c2o1. The molecule has 0 aliphatic heterocycles. The number of furan rings is 1. The molecule has 0 saturated carbocycles. The second kappa shape index (κ2) is 4.87. The van der Waals surface area contributed by atoms with Crippen molar-refractivity contribution in [2.75, 3.05) is 0 Å². The molecule has 0 bridgehead atoms. The number of rotatable bonds is 3. The van der Waals surface area contributed by atoms with Gasteiger partial charge in [0.05, 0.1) is 6.54 Å². The summed E-state index contributed by atoms with van der Waals surface area (Å²) in [6.45, 7) is 4.97. The molecule has 3 rings (SSSR count). The Balaban J connectivity index is 2.14. The van der Waals surface area contributed by atoms with Crippen LogP contribution >= 0.6 is 11.6 Å². The van der Waals surface area contributed by atoms with Crippen molar-refractivity contribution in [1.29, 1.82) is 0 Å². The Morgan fingerprint density at radius 3 is 2.63 bits per heavy atom. The lowest BCUT2D eigenvalue weighted by molar-refractivity contribution is 0.489. The zero-order valence-electron chi connectivity index (χ0n) is 11.0. The Bertz CT molecular complexity index is 730. The van der Waals surface area contributed by atoms with Crippen LogP contribution in [0.1, 0.15) is 19.6 Å². The van der Waals surface area contributed by atoms with Crippen LogP contribution in [0.2, 0.25) is 5.02 Å². The van der Waals surface area contributed by atoms with E-state index in [2.05, 4.69) is 25.2 Å². The number of hydrogen-bond acceptors (Lipinski definition) is 2. The highest BCUT2D eigenvalue weighted by Gasteiger charge is 2.10. The van der Waals surface area contributed by atoms with Gasteiger partial charge in [0, 0.05) is 27.2 Å². The molecule has 0 spiro atoms. The molecule has 0 radical (unpaired) electrons. The largest absolute Gasteiger partial charge is 0.459 e. The maximum Gasteiger partial charge on any atom is 0.142 e. The Morgan fingerprint density at radius 2 is 1.89 bits per heavy atom. The standard InChI is InChI=1S/C16H16ClNO/c1-10(2)18-9-12-7-11-8-15(17)13-5-3-4-6-14(13)16(11)19-12/h3-8,10,18H,9H2,1-2H3. The number of nitrogens with one attached hydrogen (secondary N) is 1. The predicted molar refractivity (Wildman–Crippen MR) is 80.7 cm³/mol. The summed E-state index contributed by atoms with van der Waals surface area (Å²) in [6, 6.07) is 12.5. The Kier molecular flexibility index (Phi) is 3.21. The topological polar surface area (TPSA) is 25.2 Å². The van der Waals surface area contributed by atoms with E-state index in [0.29, 0.717) is 6.04 Å². The molecule has 2 nitrogen and oxygen atoms in total. The van der Waals surface area contributed by atoms with Crippen LogP contribution in [0.25, 0.3) is 21.7 Å². The third-order valence-corrected chi connectivity index (χ3v) is 3.52. The average Bonchev–Trinajstić information content (AvgIpc) is 2.80. The lowest BCUT2D eigenvalue weighted by Crippen LogP contribution is -2.21. The molecular formula is C16H16ClNO. The van der Waals surface area contributed by atoms with Crippen LogP contribution in [-0.4, -0.2) is 6.04 Å². The first-order chi connectivity index (χ1) is 9.15. The lowest BCUT2D eigenvalue weighted by Gasteiger charge is -2.04. The fraction of sp³-hybridized carbons (Fsp3) is 0.250. The molecule has 0 aliphatic rings. The molecule has 1 heterocycles. The van der Waals surface area contributed by atoms with E-state index < -0.39 is 0 Å². The Labute approximate surface area is 117 Å². The van der Waals surface area contributed by atoms with Gasteiger partial charge in [0.2, 0.25) is 0 Å². The number of benzene rings is 2. The van der Waals surface area contributed by atoms with Gasteiger partial charge in [-0.1, -0.05) is 49.7 Å². The monoisotopic (exact) mass is 273 g/mol. The minimum atomic E-state index is 0.438. The smallest absolute Gasteiger partial charge is 0.142 e. The van der Waals surface area contributed by atoms with Crippen LogP contribution in [-0.2, 0) is 6.54 Å². The molecule has 98 valence electrons. The first kappa shape index (κ1) is 12.5. The van der Waals surface area contributed by atoms with E-state index in [1.807, 2.05) is 30.3 Å². The third-order valence-electron chi connectivity index (χ3n) is 3.21. The van der Waals surface area contributed by atoms with Crippen molar-refractivity contribution in [2.24, 2.45) is 0 Å². The van der Waals surface area contributed by atoms with Crippen molar-refractivity contribution < 1.29 is 4.42 Å². The Hall–Kier alpha value is -1.51. The van der Waals surface area contributed by atoms with Crippen LogP contribution in [0.15, 0.2) is 40.8 Å². The van der Waals surface area contributed by atoms with Crippen LogP contribution < -0.4 is 5.32 Å². The highest BCUT2D eigenvalue weighted by Crippen LogP contribution is 2.33. The van der Waals surface area contributed by atoms with Gasteiger partial charge in [-0.05, 0) is 12.1 Å². The molecule has 3 heteroatoms. The van der Waals surface area contributed by atoms with Gasteiger partial charge in [-0.2, -0.15) is 0 Å². The molecule has 3 aromatic rings. The number of halogens is 1. The molecule has 0 atom stereocenters. The molecule has 0 amide bonds. The maximum atomic E-state index is 6.32. The van der Waals surface area contributed by atoms with Crippen molar-refractivity contribution in [2.45, 2.75) is 26.4 Å². The molecule has 1 aromatic heterocycles. The van der Waals surface area contributed by atoms with Gasteiger partial charge >= 0.3 is 0 Å². The van der Waals surface area contributed by atoms with Crippen molar-refractivity contribution in [3.05, 3.63) is 47.2 Å². The van der Waals surface area contributed by atoms with Gasteiger partial charge in [0.15, 0.2) is 0 Å². The van der Waals surface area contributed by atoms with E-state index in [1.165, 1.54) is 0 Å². The molecule has 1 N–H and O–H groups in total. The normalized spacial score (nSPS) is 11.8. The fourth-order valence-corrected chi connectivity index (χ4v) is 2.55. The summed E-state index contributed by atoms with van der Waals surface area (Å²) in [5.41, 5.74) is 0.917. The van der Waals surface area contributed by atoms with E-state index in [4.69, 9.17) is 16.0 Å². The zero-order valence-corrected chi connectivity index (χ0v) is 11.8. The quantitative estimate of drug-likeness (QED) is 0.746. The highest BCUT2D eigenvalue weighted by molar-refractivity contribution is 6.37. The van der Waals surface area contributed by atoms with Gasteiger partial charge < -0.3 is 9.73 Å². The average molecular weight is 274 g/mol. The predicted octanol–water partition coefficient (Wildman–Crippen LogP) is 4.74. The summed E-state index contributed by atoms with van der Waals surface area (Å²) in [4.78, 5) is 0. The summed E-state index contributed by atoms with van der Waals surface area (Å²) >= 11 is 6.32. The molecule has 0 aliphatic carbocycles. The summed E-state index contributed by atoms with van der Waals surface area (Å²) in [7, 11) is 0. The first-order valence-electron chi connectivity index (χ1n) is 6.48. The number of hydrogen-bond donors (Lipinski definition) is 1. The second-order valence-corrected chi connectivity index (χ2v) is 5.48. The van der Waals surface area contributed by atoms with Gasteiger partial charge in [0.1, 0.15) is 11.3 Å². The minimum absolute atomic E-state index is 0.438. The molecule has 19 heavy (non-hydrogen) atoms. The van der Waals surface area contributed by atoms with Gasteiger partial charge in [-0.15, -0.1) is 0 Å². The van der Waals surface area contributed by atoms with Crippen LogP contribution in [0.3, 0.4) is 0 Å². The second-order valence-electron chi connectivity index (χ2n) is 5.07. The minimum Gasteiger partial charge on any atom is -0.459 e. The lowest BCUT2D eigenvalue weighted by atomic mass is 10.1. The fourth-order valence-electron chi connectivity index (χ4n) is 2.27. The van der Waals surface area contributed by atoms with E-state index in [-0.39, 0.29) is 0 Å². The summed E-state index contributed by atoms with van der Waals surface area (Å²) < 4.78 is 5.97. The van der Waals surface area contributed by atoms with Crippen LogP contribution in [0.5, 0.6) is 0 Å². The zero-order chi connectivity index (χ0) is 13.4. The van der Waals surface area contributed by atoms with E-state index in [9.17, 15) is 0 Å². The van der Waals surface area contributed by atoms with Crippen LogP contribution in [0, 0.1) is 0 Å². The summed E-state index contributed by atoms with van der Waals surface area (Å²) in [6.07, 6.45) is 0. The van der Waals surface area contributed by atoms with Gasteiger partial charge in [0.25, 0.3) is 0 Å². The molecule has 0 fully saturated rings. The van der Waals surface area contributed by atoms with E-state index >= 15 is 0 Å². The molecule has 2 aromatic carbocycles.